The Morgan fingerprint density at radius 1 is 1.03 bits per heavy atom. The lowest BCUT2D eigenvalue weighted by molar-refractivity contribution is -0.137. The molecule has 158 valence electrons. The molecule has 10 heteroatoms. The van der Waals surface area contributed by atoms with Crippen LogP contribution in [0.1, 0.15) is 31.9 Å². The zero-order valence-electron chi connectivity index (χ0n) is 16.0. The molecular weight excluding hydrogens is 462 g/mol. The molecule has 0 fully saturated rings. The highest BCUT2D eigenvalue weighted by Gasteiger charge is 2.39. The van der Waals surface area contributed by atoms with Gasteiger partial charge in [0.05, 0.1) is 21.9 Å². The van der Waals surface area contributed by atoms with Gasteiger partial charge in [0.25, 0.3) is 5.91 Å². The SMILES string of the molecule is CC(C)(C)C1=NN(c2ncc(C(F)(F)F)cc2Cl)C(=O)C1=Cc1ccc(Cl)cc1Cl. The number of carbonyl (C=O) groups is 1. The lowest BCUT2D eigenvalue weighted by atomic mass is 9.85. The van der Waals surface area contributed by atoms with E-state index in [1.54, 1.807) is 18.2 Å². The average molecular weight is 477 g/mol. The minimum Gasteiger partial charge on any atom is -0.267 e. The molecule has 2 aromatic rings. The van der Waals surface area contributed by atoms with Gasteiger partial charge in [-0.1, -0.05) is 61.6 Å². The van der Waals surface area contributed by atoms with Crippen molar-refractivity contribution in [1.82, 2.24) is 4.98 Å². The highest BCUT2D eigenvalue weighted by molar-refractivity contribution is 6.38. The fraction of sp³-hybridized carbons (Fsp3) is 0.250. The number of benzene rings is 1. The van der Waals surface area contributed by atoms with Gasteiger partial charge in [-0.25, -0.2) is 4.98 Å². The number of carbonyl (C=O) groups excluding carboxylic acids is 1. The second-order valence-electron chi connectivity index (χ2n) is 7.57. The highest BCUT2D eigenvalue weighted by Crippen LogP contribution is 2.38. The second kappa shape index (κ2) is 7.87. The van der Waals surface area contributed by atoms with Crippen molar-refractivity contribution < 1.29 is 18.0 Å². The summed E-state index contributed by atoms with van der Waals surface area (Å²) in [7, 11) is 0. The number of hydrogen-bond donors (Lipinski definition) is 0. The number of halogens is 6. The normalized spacial score (nSPS) is 16.4. The number of pyridine rings is 1. The molecule has 0 saturated carbocycles. The van der Waals surface area contributed by atoms with Crippen molar-refractivity contribution in [3.8, 4) is 0 Å². The lowest BCUT2D eigenvalue weighted by Crippen LogP contribution is -2.24. The number of anilines is 1. The first-order valence-electron chi connectivity index (χ1n) is 8.62. The van der Waals surface area contributed by atoms with Crippen molar-refractivity contribution in [2.24, 2.45) is 10.5 Å². The predicted molar refractivity (Wildman–Crippen MR) is 113 cm³/mol. The zero-order chi connectivity index (χ0) is 22.4. The van der Waals surface area contributed by atoms with E-state index in [1.807, 2.05) is 20.8 Å². The fourth-order valence-electron chi connectivity index (χ4n) is 2.76. The van der Waals surface area contributed by atoms with E-state index in [2.05, 4.69) is 10.1 Å². The summed E-state index contributed by atoms with van der Waals surface area (Å²) < 4.78 is 38.7. The maximum atomic E-state index is 13.1. The van der Waals surface area contributed by atoms with E-state index in [9.17, 15) is 18.0 Å². The molecule has 30 heavy (non-hydrogen) atoms. The summed E-state index contributed by atoms with van der Waals surface area (Å²) in [6.07, 6.45) is -2.44. The largest absolute Gasteiger partial charge is 0.417 e. The van der Waals surface area contributed by atoms with E-state index in [-0.39, 0.29) is 16.4 Å². The van der Waals surface area contributed by atoms with Crippen LogP contribution in [0.25, 0.3) is 6.08 Å². The van der Waals surface area contributed by atoms with Crippen LogP contribution in [-0.2, 0) is 11.0 Å². The van der Waals surface area contributed by atoms with Gasteiger partial charge in [-0.3, -0.25) is 4.79 Å². The molecule has 1 aromatic heterocycles. The Kier molecular flexibility index (Phi) is 5.93. The molecule has 0 bridgehead atoms. The first-order chi connectivity index (χ1) is 13.8. The van der Waals surface area contributed by atoms with Crippen LogP contribution in [0.3, 0.4) is 0 Å². The maximum absolute atomic E-state index is 13.1. The molecule has 1 aromatic carbocycles. The minimum atomic E-state index is -4.61. The van der Waals surface area contributed by atoms with Gasteiger partial charge in [0, 0.05) is 21.7 Å². The molecule has 3 rings (SSSR count). The van der Waals surface area contributed by atoms with Gasteiger partial charge >= 0.3 is 6.18 Å². The Morgan fingerprint density at radius 3 is 2.23 bits per heavy atom. The molecule has 1 amide bonds. The number of nitrogens with zero attached hydrogens (tertiary/aromatic N) is 3. The number of hydrogen-bond acceptors (Lipinski definition) is 3. The molecule has 0 spiro atoms. The van der Waals surface area contributed by atoms with Gasteiger partial charge in [0.2, 0.25) is 0 Å². The summed E-state index contributed by atoms with van der Waals surface area (Å²) in [5.41, 5.74) is -0.407. The van der Waals surface area contributed by atoms with E-state index in [4.69, 9.17) is 34.8 Å². The molecular formula is C20H15Cl3F3N3O. The van der Waals surface area contributed by atoms with Gasteiger partial charge in [-0.15, -0.1) is 0 Å². The molecule has 0 unspecified atom stereocenters. The lowest BCUT2D eigenvalue weighted by Gasteiger charge is -2.18. The number of amides is 1. The van der Waals surface area contributed by atoms with E-state index < -0.39 is 23.1 Å². The van der Waals surface area contributed by atoms with E-state index in [0.717, 1.165) is 5.01 Å². The van der Waals surface area contributed by atoms with Gasteiger partial charge in [0.1, 0.15) is 0 Å². The molecule has 0 N–H and O–H groups in total. The average Bonchev–Trinajstić information content (AvgIpc) is 2.93. The summed E-state index contributed by atoms with van der Waals surface area (Å²) in [6.45, 7) is 5.55. The molecule has 0 atom stereocenters. The second-order valence-corrected chi connectivity index (χ2v) is 8.82. The van der Waals surface area contributed by atoms with Gasteiger partial charge in [-0.2, -0.15) is 23.3 Å². The number of rotatable bonds is 2. The summed E-state index contributed by atoms with van der Waals surface area (Å²) in [6, 6.07) is 5.52. The van der Waals surface area contributed by atoms with Crippen LogP contribution >= 0.6 is 34.8 Å². The quantitative estimate of drug-likeness (QED) is 0.443. The van der Waals surface area contributed by atoms with E-state index in [0.29, 0.717) is 33.6 Å². The Hall–Kier alpha value is -2.09. The molecule has 1 aliphatic heterocycles. The molecule has 4 nitrogen and oxygen atoms in total. The monoisotopic (exact) mass is 475 g/mol. The van der Waals surface area contributed by atoms with Crippen LogP contribution < -0.4 is 5.01 Å². The summed E-state index contributed by atoms with van der Waals surface area (Å²) >= 11 is 18.2. The topological polar surface area (TPSA) is 45.6 Å². The molecule has 0 aliphatic carbocycles. The minimum absolute atomic E-state index is 0.193. The third kappa shape index (κ3) is 4.48. The van der Waals surface area contributed by atoms with Gasteiger partial charge in [0.15, 0.2) is 5.82 Å². The Labute approximate surface area is 185 Å². The maximum Gasteiger partial charge on any atom is 0.417 e. The van der Waals surface area contributed by atoms with Crippen LogP contribution in [0.2, 0.25) is 15.1 Å². The highest BCUT2D eigenvalue weighted by atomic mass is 35.5. The number of aromatic nitrogens is 1. The number of alkyl halides is 3. The van der Waals surface area contributed by atoms with Crippen molar-refractivity contribution in [3.63, 3.8) is 0 Å². The van der Waals surface area contributed by atoms with Crippen molar-refractivity contribution in [2.75, 3.05) is 5.01 Å². The Morgan fingerprint density at radius 2 is 1.70 bits per heavy atom. The summed E-state index contributed by atoms with van der Waals surface area (Å²) in [4.78, 5) is 16.9. The fourth-order valence-corrected chi connectivity index (χ4v) is 3.47. The van der Waals surface area contributed by atoms with E-state index in [1.165, 1.54) is 6.07 Å². The van der Waals surface area contributed by atoms with E-state index >= 15 is 0 Å². The standard InChI is InChI=1S/C20H15Cl3F3N3O/c1-19(2,3)16-13(6-10-4-5-12(21)8-14(10)22)18(30)29(28-16)17-15(23)7-11(9-27-17)20(24,25)26/h4-9H,1-3H3. The first kappa shape index (κ1) is 22.6. The number of hydrazone groups is 1. The van der Waals surface area contributed by atoms with Crippen molar-refractivity contribution in [2.45, 2.75) is 26.9 Å². The molecule has 1 aliphatic rings. The molecule has 0 saturated heterocycles. The third-order valence-electron chi connectivity index (χ3n) is 4.20. The van der Waals surface area contributed by atoms with Crippen molar-refractivity contribution in [3.05, 3.63) is 62.2 Å². The zero-order valence-corrected chi connectivity index (χ0v) is 18.2. The van der Waals surface area contributed by atoms with Crippen molar-refractivity contribution in [1.29, 1.82) is 0 Å². The smallest absolute Gasteiger partial charge is 0.267 e. The Balaban J connectivity index is 2.10. The molecule has 0 radical (unpaired) electrons. The van der Waals surface area contributed by atoms with Crippen LogP contribution in [0.4, 0.5) is 19.0 Å². The Bertz CT molecular complexity index is 1090. The molecule has 2 heterocycles. The van der Waals surface area contributed by atoms with Crippen molar-refractivity contribution >= 4 is 58.3 Å². The van der Waals surface area contributed by atoms with Gasteiger partial charge in [-0.05, 0) is 29.8 Å². The summed E-state index contributed by atoms with van der Waals surface area (Å²) in [5.74, 6) is -0.776. The summed E-state index contributed by atoms with van der Waals surface area (Å²) in [5, 5.41) is 5.65. The van der Waals surface area contributed by atoms with Crippen LogP contribution in [0.15, 0.2) is 41.1 Å². The van der Waals surface area contributed by atoms with Crippen LogP contribution in [0, 0.1) is 5.41 Å². The first-order valence-corrected chi connectivity index (χ1v) is 9.76. The van der Waals surface area contributed by atoms with Crippen LogP contribution in [-0.4, -0.2) is 16.6 Å². The predicted octanol–water partition coefficient (Wildman–Crippen LogP) is 6.89. The third-order valence-corrected chi connectivity index (χ3v) is 5.04. The van der Waals surface area contributed by atoms with Crippen LogP contribution in [0.5, 0.6) is 0 Å². The van der Waals surface area contributed by atoms with Gasteiger partial charge < -0.3 is 0 Å².